The largest absolute Gasteiger partial charge is 0.364 e. The minimum Gasteiger partial charge on any atom is -0.364 e. The number of anilines is 2. The summed E-state index contributed by atoms with van der Waals surface area (Å²) in [7, 11) is 0. The lowest BCUT2D eigenvalue weighted by atomic mass is 9.88. The molecular formula is C23H21F3N6. The molecule has 1 saturated carbocycles. The number of nitrogens with zero attached hydrogens (tertiary/aromatic N) is 5. The zero-order chi connectivity index (χ0) is 22.2. The van der Waals surface area contributed by atoms with E-state index in [9.17, 15) is 8.78 Å². The van der Waals surface area contributed by atoms with Gasteiger partial charge >= 0.3 is 0 Å². The van der Waals surface area contributed by atoms with Crippen molar-refractivity contribution in [2.24, 2.45) is 5.92 Å². The Bertz CT molecular complexity index is 1200. The summed E-state index contributed by atoms with van der Waals surface area (Å²) in [4.78, 5) is 15.6. The summed E-state index contributed by atoms with van der Waals surface area (Å²) in [5.74, 6) is -0.595. The van der Waals surface area contributed by atoms with E-state index in [4.69, 9.17) is 15.2 Å². The van der Waals surface area contributed by atoms with Crippen molar-refractivity contribution in [2.45, 2.75) is 37.9 Å². The zero-order valence-corrected chi connectivity index (χ0v) is 17.2. The van der Waals surface area contributed by atoms with Crippen molar-refractivity contribution in [2.75, 3.05) is 23.3 Å². The summed E-state index contributed by atoms with van der Waals surface area (Å²) in [6.07, 6.45) is 3.19. The maximum absolute atomic E-state index is 15.0. The summed E-state index contributed by atoms with van der Waals surface area (Å²) >= 11 is 0. The maximum Gasteiger partial charge on any atom is 0.172 e. The Balaban J connectivity index is 1.37. The van der Waals surface area contributed by atoms with E-state index >= 15 is 4.39 Å². The molecule has 0 radical (unpaired) electrons. The van der Waals surface area contributed by atoms with Gasteiger partial charge in [-0.2, -0.15) is 5.26 Å². The molecule has 164 valence electrons. The van der Waals surface area contributed by atoms with Crippen LogP contribution < -0.4 is 10.2 Å². The fourth-order valence-corrected chi connectivity index (χ4v) is 4.13. The van der Waals surface area contributed by atoms with Crippen LogP contribution in [0.5, 0.6) is 0 Å². The van der Waals surface area contributed by atoms with Crippen LogP contribution in [0.15, 0.2) is 30.5 Å². The van der Waals surface area contributed by atoms with Gasteiger partial charge in [-0.3, -0.25) is 0 Å². The fourth-order valence-electron chi connectivity index (χ4n) is 4.13. The quantitative estimate of drug-likeness (QED) is 0.624. The average molecular weight is 438 g/mol. The molecule has 2 aromatic heterocycles. The van der Waals surface area contributed by atoms with Gasteiger partial charge in [0.2, 0.25) is 0 Å². The molecule has 2 fully saturated rings. The van der Waals surface area contributed by atoms with Crippen molar-refractivity contribution >= 4 is 22.7 Å². The lowest BCUT2D eigenvalue weighted by molar-refractivity contribution is 0.193. The summed E-state index contributed by atoms with van der Waals surface area (Å²) in [6.45, 7) is 1.08. The van der Waals surface area contributed by atoms with Crippen LogP contribution in [0.4, 0.5) is 24.8 Å². The van der Waals surface area contributed by atoms with Crippen molar-refractivity contribution in [3.05, 3.63) is 53.4 Å². The van der Waals surface area contributed by atoms with Crippen LogP contribution in [0.3, 0.4) is 0 Å². The normalized spacial score (nSPS) is 17.9. The molecule has 1 aliphatic heterocycles. The number of fused-ring (bicyclic) bond motifs is 1. The van der Waals surface area contributed by atoms with Gasteiger partial charge in [0.25, 0.3) is 0 Å². The van der Waals surface area contributed by atoms with Crippen molar-refractivity contribution < 1.29 is 13.2 Å². The minimum atomic E-state index is -1.49. The number of aromatic nitrogens is 3. The highest BCUT2D eigenvalue weighted by Gasteiger charge is 2.32. The van der Waals surface area contributed by atoms with Crippen molar-refractivity contribution in [1.29, 1.82) is 5.26 Å². The summed E-state index contributed by atoms with van der Waals surface area (Å²) < 4.78 is 42.2. The molecule has 3 aromatic rings. The molecule has 6 nitrogen and oxygen atoms in total. The van der Waals surface area contributed by atoms with Gasteiger partial charge in [0.15, 0.2) is 11.6 Å². The molecule has 1 atom stereocenters. The number of benzene rings is 1. The van der Waals surface area contributed by atoms with Crippen LogP contribution in [0.2, 0.25) is 0 Å². The number of pyridine rings is 1. The van der Waals surface area contributed by atoms with Gasteiger partial charge in [0, 0.05) is 36.8 Å². The number of rotatable bonds is 5. The Morgan fingerprint density at radius 1 is 1.06 bits per heavy atom. The first-order chi connectivity index (χ1) is 15.5. The number of piperidine rings is 1. The first-order valence-electron chi connectivity index (χ1n) is 10.7. The Morgan fingerprint density at radius 2 is 1.84 bits per heavy atom. The Kier molecular flexibility index (Phi) is 5.29. The van der Waals surface area contributed by atoms with Gasteiger partial charge in [0.1, 0.15) is 35.1 Å². The number of nitrogens with one attached hydrogen (secondary N) is 1. The second kappa shape index (κ2) is 8.26. The van der Waals surface area contributed by atoms with E-state index in [0.717, 1.165) is 25.0 Å². The first kappa shape index (κ1) is 20.5. The molecule has 0 unspecified atom stereocenters. The van der Waals surface area contributed by atoms with Gasteiger partial charge < -0.3 is 10.2 Å². The van der Waals surface area contributed by atoms with Gasteiger partial charge in [0.05, 0.1) is 11.7 Å². The van der Waals surface area contributed by atoms with Crippen LogP contribution in [0, 0.1) is 28.9 Å². The lowest BCUT2D eigenvalue weighted by Gasteiger charge is -2.35. The molecule has 9 heteroatoms. The molecule has 2 aliphatic rings. The van der Waals surface area contributed by atoms with Gasteiger partial charge in [-0.05, 0) is 37.7 Å². The maximum atomic E-state index is 15.0. The van der Waals surface area contributed by atoms with Crippen LogP contribution in [0.25, 0.3) is 11.0 Å². The number of hydrogen-bond donors (Lipinski definition) is 1. The second-order valence-corrected chi connectivity index (χ2v) is 8.38. The van der Waals surface area contributed by atoms with E-state index in [2.05, 4.69) is 15.2 Å². The number of alkyl halides is 1. The van der Waals surface area contributed by atoms with E-state index in [0.29, 0.717) is 54.6 Å². The zero-order valence-electron chi connectivity index (χ0n) is 17.2. The Hall–Kier alpha value is -3.41. The van der Waals surface area contributed by atoms with Crippen LogP contribution in [-0.2, 0) is 0 Å². The number of nitriles is 1. The molecule has 1 saturated heterocycles. The molecule has 32 heavy (non-hydrogen) atoms. The average Bonchev–Trinajstić information content (AvgIpc) is 3.62. The highest BCUT2D eigenvalue weighted by molar-refractivity contribution is 5.80. The molecule has 1 aliphatic carbocycles. The third-order valence-corrected chi connectivity index (χ3v) is 6.08. The van der Waals surface area contributed by atoms with E-state index in [1.165, 1.54) is 12.3 Å². The smallest absolute Gasteiger partial charge is 0.172 e. The van der Waals surface area contributed by atoms with Crippen molar-refractivity contribution in [1.82, 2.24) is 15.0 Å². The summed E-state index contributed by atoms with van der Waals surface area (Å²) in [5, 5.41) is 12.5. The van der Waals surface area contributed by atoms with Crippen molar-refractivity contribution in [3.63, 3.8) is 0 Å². The third-order valence-electron chi connectivity index (χ3n) is 6.08. The molecule has 1 N–H and O–H groups in total. The monoisotopic (exact) mass is 438 g/mol. The number of hydrogen-bond acceptors (Lipinski definition) is 6. The van der Waals surface area contributed by atoms with Crippen LogP contribution in [0.1, 0.15) is 43.1 Å². The minimum absolute atomic E-state index is 0.0918. The Morgan fingerprint density at radius 3 is 2.53 bits per heavy atom. The second-order valence-electron chi connectivity index (χ2n) is 8.38. The van der Waals surface area contributed by atoms with Gasteiger partial charge in [-0.25, -0.2) is 28.1 Å². The standard InChI is InChI=1S/C23H21F3N6/c24-14-1-4-17(18(25)9-14)21(26)13-5-7-32(8-6-13)23-22(29-15-2-3-15)30-19-10-16(11-27)28-12-20(19)31-23/h1,4,9-10,12-13,15,21H,2-3,5-8H2,(H,29,30)/t21-/m0/s1. The molecule has 0 spiro atoms. The molecule has 3 heterocycles. The van der Waals surface area contributed by atoms with Gasteiger partial charge in [-0.1, -0.05) is 6.07 Å². The predicted molar refractivity (Wildman–Crippen MR) is 114 cm³/mol. The lowest BCUT2D eigenvalue weighted by Crippen LogP contribution is -2.36. The first-order valence-corrected chi connectivity index (χ1v) is 10.7. The third kappa shape index (κ3) is 4.05. The SMILES string of the molecule is N#Cc1cc2nc(NC3CC3)c(N3CCC([C@H](F)c4ccc(F)cc4F)CC3)nc2cn1. The highest BCUT2D eigenvalue weighted by Crippen LogP contribution is 2.38. The summed E-state index contributed by atoms with van der Waals surface area (Å²) in [5.41, 5.74) is 1.36. The van der Waals surface area contributed by atoms with Crippen LogP contribution in [-0.4, -0.2) is 34.1 Å². The highest BCUT2D eigenvalue weighted by atomic mass is 19.1. The molecule has 0 amide bonds. The fraction of sp³-hybridized carbons (Fsp3) is 0.391. The van der Waals surface area contributed by atoms with E-state index in [-0.39, 0.29) is 17.2 Å². The molecule has 0 bridgehead atoms. The van der Waals surface area contributed by atoms with Crippen LogP contribution >= 0.6 is 0 Å². The summed E-state index contributed by atoms with van der Waals surface area (Å²) in [6, 6.07) is 6.99. The van der Waals surface area contributed by atoms with E-state index < -0.39 is 17.8 Å². The van der Waals surface area contributed by atoms with Crippen molar-refractivity contribution in [3.8, 4) is 6.07 Å². The van der Waals surface area contributed by atoms with E-state index in [1.807, 2.05) is 6.07 Å². The van der Waals surface area contributed by atoms with Gasteiger partial charge in [-0.15, -0.1) is 0 Å². The number of halogens is 3. The topological polar surface area (TPSA) is 77.7 Å². The molecule has 5 rings (SSSR count). The van der Waals surface area contributed by atoms with E-state index in [1.54, 1.807) is 6.07 Å². The molecule has 1 aromatic carbocycles. The predicted octanol–water partition coefficient (Wildman–Crippen LogP) is 4.68. The Labute approximate surface area is 183 Å². The molecular weight excluding hydrogens is 417 g/mol.